The van der Waals surface area contributed by atoms with Gasteiger partial charge in [-0.05, 0) is 56.3 Å². The second kappa shape index (κ2) is 9.70. The number of nitrogens with one attached hydrogen (secondary N) is 2. The predicted octanol–water partition coefficient (Wildman–Crippen LogP) is 5.12. The van der Waals surface area contributed by atoms with Gasteiger partial charge in [-0.25, -0.2) is 13.1 Å². The van der Waals surface area contributed by atoms with Crippen LogP contribution in [-0.2, 0) is 21.2 Å². The fourth-order valence-corrected chi connectivity index (χ4v) is 4.97. The van der Waals surface area contributed by atoms with E-state index in [2.05, 4.69) is 15.1 Å². The molecule has 2 N–H and O–H groups in total. The maximum Gasteiger partial charge on any atom is 0.262 e. The molecule has 34 heavy (non-hydrogen) atoms. The van der Waals surface area contributed by atoms with Crippen LogP contribution in [0.4, 0.5) is 11.4 Å². The topological polar surface area (TPSA) is 93.1 Å². The number of aromatic nitrogens is 2. The van der Waals surface area contributed by atoms with Gasteiger partial charge in [-0.3, -0.25) is 9.52 Å². The SMILES string of the molecule is Cc1nn(-c2ccccc2)c(C)c1CC(=O)Nc1cccc(S(=O)(=O)Nc2ccccc2Cl)c1. The molecule has 4 aromatic rings. The Balaban J connectivity index is 1.50. The number of halogens is 1. The van der Waals surface area contributed by atoms with E-state index < -0.39 is 10.0 Å². The van der Waals surface area contributed by atoms with Gasteiger partial charge in [0.15, 0.2) is 0 Å². The average Bonchev–Trinajstić information content (AvgIpc) is 3.09. The van der Waals surface area contributed by atoms with E-state index in [0.29, 0.717) is 5.69 Å². The van der Waals surface area contributed by atoms with Crippen molar-refractivity contribution >= 4 is 38.9 Å². The van der Waals surface area contributed by atoms with Crippen LogP contribution in [0, 0.1) is 13.8 Å². The van der Waals surface area contributed by atoms with Gasteiger partial charge in [0.05, 0.1) is 33.4 Å². The zero-order chi connectivity index (χ0) is 24.3. The molecule has 7 nitrogen and oxygen atoms in total. The van der Waals surface area contributed by atoms with E-state index in [0.717, 1.165) is 22.6 Å². The number of aryl methyl sites for hydroxylation is 1. The minimum absolute atomic E-state index is 0.00878. The standard InChI is InChI=1S/C25H23ClN4O3S/c1-17-22(18(2)30(28-17)20-10-4-3-5-11-20)16-25(31)27-19-9-8-12-21(15-19)34(32,33)29-24-14-7-6-13-23(24)26/h3-15,29H,16H2,1-2H3,(H,27,31). The first-order valence-electron chi connectivity index (χ1n) is 10.5. The number of hydrogen-bond acceptors (Lipinski definition) is 4. The number of nitrogens with zero attached hydrogens (tertiary/aromatic N) is 2. The molecule has 0 atom stereocenters. The molecular weight excluding hydrogens is 472 g/mol. The highest BCUT2D eigenvalue weighted by Crippen LogP contribution is 2.25. The smallest absolute Gasteiger partial charge is 0.262 e. The van der Waals surface area contributed by atoms with Crippen molar-refractivity contribution in [2.24, 2.45) is 0 Å². The zero-order valence-electron chi connectivity index (χ0n) is 18.6. The van der Waals surface area contributed by atoms with Gasteiger partial charge in [-0.2, -0.15) is 5.10 Å². The molecule has 0 saturated heterocycles. The van der Waals surface area contributed by atoms with E-state index >= 15 is 0 Å². The lowest BCUT2D eigenvalue weighted by atomic mass is 10.1. The van der Waals surface area contributed by atoms with Gasteiger partial charge in [0.2, 0.25) is 5.91 Å². The maximum atomic E-state index is 12.8. The van der Waals surface area contributed by atoms with E-state index in [4.69, 9.17) is 11.6 Å². The minimum Gasteiger partial charge on any atom is -0.326 e. The van der Waals surface area contributed by atoms with Gasteiger partial charge in [0.25, 0.3) is 10.0 Å². The first kappa shape index (κ1) is 23.5. The first-order valence-corrected chi connectivity index (χ1v) is 12.4. The Morgan fingerprint density at radius 2 is 1.68 bits per heavy atom. The van der Waals surface area contributed by atoms with Gasteiger partial charge in [0.1, 0.15) is 0 Å². The van der Waals surface area contributed by atoms with Crippen molar-refractivity contribution in [1.82, 2.24) is 9.78 Å². The lowest BCUT2D eigenvalue weighted by Crippen LogP contribution is -2.17. The van der Waals surface area contributed by atoms with E-state index in [1.165, 1.54) is 12.1 Å². The Labute approximate surface area is 203 Å². The summed E-state index contributed by atoms with van der Waals surface area (Å²) >= 11 is 6.07. The van der Waals surface area contributed by atoms with Crippen LogP contribution in [0.1, 0.15) is 17.0 Å². The highest BCUT2D eigenvalue weighted by atomic mass is 35.5. The van der Waals surface area contributed by atoms with Gasteiger partial charge in [-0.15, -0.1) is 0 Å². The molecule has 4 rings (SSSR count). The van der Waals surface area contributed by atoms with Gasteiger partial charge in [0, 0.05) is 16.9 Å². The predicted molar refractivity (Wildman–Crippen MR) is 134 cm³/mol. The molecule has 9 heteroatoms. The fourth-order valence-electron chi connectivity index (χ4n) is 3.61. The van der Waals surface area contributed by atoms with Crippen molar-refractivity contribution in [3.63, 3.8) is 0 Å². The summed E-state index contributed by atoms with van der Waals surface area (Å²) in [4.78, 5) is 12.8. The molecule has 0 aliphatic rings. The molecule has 0 bridgehead atoms. The normalized spacial score (nSPS) is 11.3. The second-order valence-corrected chi connectivity index (χ2v) is 9.82. The van der Waals surface area contributed by atoms with Gasteiger partial charge < -0.3 is 5.32 Å². The molecule has 1 aromatic heterocycles. The maximum absolute atomic E-state index is 12.8. The van der Waals surface area contributed by atoms with Crippen LogP contribution in [0.3, 0.4) is 0 Å². The number of carbonyl (C=O) groups excluding carboxylic acids is 1. The summed E-state index contributed by atoms with van der Waals surface area (Å²) in [5.74, 6) is -0.271. The van der Waals surface area contributed by atoms with Crippen molar-refractivity contribution in [1.29, 1.82) is 0 Å². The van der Waals surface area contributed by atoms with Crippen LogP contribution >= 0.6 is 11.6 Å². The summed E-state index contributed by atoms with van der Waals surface area (Å²) in [5.41, 5.74) is 4.03. The Hall–Kier alpha value is -3.62. The molecule has 0 saturated carbocycles. The first-order chi connectivity index (χ1) is 16.2. The van der Waals surface area contributed by atoms with Crippen molar-refractivity contribution in [3.8, 4) is 5.69 Å². The van der Waals surface area contributed by atoms with E-state index in [9.17, 15) is 13.2 Å². The Morgan fingerprint density at radius 3 is 2.41 bits per heavy atom. The highest BCUT2D eigenvalue weighted by Gasteiger charge is 2.18. The number of anilines is 2. The Bertz CT molecular complexity index is 1450. The molecule has 3 aromatic carbocycles. The van der Waals surface area contributed by atoms with Crippen molar-refractivity contribution < 1.29 is 13.2 Å². The zero-order valence-corrected chi connectivity index (χ0v) is 20.2. The summed E-state index contributed by atoms with van der Waals surface area (Å²) in [6.45, 7) is 3.78. The van der Waals surface area contributed by atoms with E-state index in [1.807, 2.05) is 48.9 Å². The van der Waals surface area contributed by atoms with Gasteiger partial charge >= 0.3 is 0 Å². The number of para-hydroxylation sites is 2. The number of hydrogen-bond donors (Lipinski definition) is 2. The molecular formula is C25H23ClN4O3S. The number of sulfonamides is 1. The molecule has 0 unspecified atom stereocenters. The van der Waals surface area contributed by atoms with Crippen LogP contribution in [0.25, 0.3) is 5.69 Å². The minimum atomic E-state index is -3.89. The van der Waals surface area contributed by atoms with Crippen LogP contribution in [-0.4, -0.2) is 24.1 Å². The lowest BCUT2D eigenvalue weighted by Gasteiger charge is -2.11. The van der Waals surface area contributed by atoms with Crippen LogP contribution < -0.4 is 10.0 Å². The third-order valence-electron chi connectivity index (χ3n) is 5.33. The summed E-state index contributed by atoms with van der Waals surface area (Å²) in [5, 5.41) is 7.65. The summed E-state index contributed by atoms with van der Waals surface area (Å²) in [6.07, 6.45) is 0.110. The third-order valence-corrected chi connectivity index (χ3v) is 7.02. The quantitative estimate of drug-likeness (QED) is 0.372. The van der Waals surface area contributed by atoms with E-state index in [-0.39, 0.29) is 27.9 Å². The summed E-state index contributed by atoms with van der Waals surface area (Å²) < 4.78 is 29.9. The molecule has 0 aliphatic carbocycles. The fraction of sp³-hybridized carbons (Fsp3) is 0.120. The summed E-state index contributed by atoms with van der Waals surface area (Å²) in [7, 11) is -3.89. The number of carbonyl (C=O) groups is 1. The number of benzene rings is 3. The number of amides is 1. The molecule has 174 valence electrons. The van der Waals surface area contributed by atoms with Crippen molar-refractivity contribution in [3.05, 3.63) is 101 Å². The average molecular weight is 495 g/mol. The summed E-state index contributed by atoms with van der Waals surface area (Å²) in [6, 6.07) is 22.3. The van der Waals surface area contributed by atoms with Crippen LogP contribution in [0.2, 0.25) is 5.02 Å². The van der Waals surface area contributed by atoms with Crippen molar-refractivity contribution in [2.45, 2.75) is 25.2 Å². The Kier molecular flexibility index (Phi) is 6.72. The molecule has 0 spiro atoms. The molecule has 0 fully saturated rings. The monoisotopic (exact) mass is 494 g/mol. The molecule has 1 heterocycles. The molecule has 0 radical (unpaired) electrons. The molecule has 0 aliphatic heterocycles. The van der Waals surface area contributed by atoms with Crippen molar-refractivity contribution in [2.75, 3.05) is 10.0 Å². The lowest BCUT2D eigenvalue weighted by molar-refractivity contribution is -0.115. The van der Waals surface area contributed by atoms with Crippen LogP contribution in [0.15, 0.2) is 83.8 Å². The van der Waals surface area contributed by atoms with E-state index in [1.54, 1.807) is 36.4 Å². The largest absolute Gasteiger partial charge is 0.326 e. The number of rotatable bonds is 7. The van der Waals surface area contributed by atoms with Crippen LogP contribution in [0.5, 0.6) is 0 Å². The highest BCUT2D eigenvalue weighted by molar-refractivity contribution is 7.92. The van der Waals surface area contributed by atoms with Gasteiger partial charge in [-0.1, -0.05) is 48.0 Å². The molecule has 1 amide bonds. The third kappa shape index (κ3) is 5.13. The second-order valence-electron chi connectivity index (χ2n) is 7.73. The Morgan fingerprint density at radius 1 is 0.971 bits per heavy atom.